The number of halogens is 2. The highest BCUT2D eigenvalue weighted by Crippen LogP contribution is 2.28. The molecule has 670 valence electrons. The van der Waals surface area contributed by atoms with E-state index in [-0.39, 0.29) is 130 Å². The maximum atomic E-state index is 15.5. The van der Waals surface area contributed by atoms with Gasteiger partial charge in [-0.15, -0.1) is 0 Å². The number of aromatic amines is 2. The van der Waals surface area contributed by atoms with Crippen LogP contribution in [0.2, 0.25) is 10.0 Å². The third-order valence-electron chi connectivity index (χ3n) is 22.2. The van der Waals surface area contributed by atoms with E-state index in [0.717, 1.165) is 38.5 Å². The molecule has 0 spiro atoms. The van der Waals surface area contributed by atoms with Crippen molar-refractivity contribution in [1.82, 2.24) is 93.4 Å². The summed E-state index contributed by atoms with van der Waals surface area (Å²) in [7, 11) is 4.18. The molecule has 0 saturated carbocycles. The van der Waals surface area contributed by atoms with Crippen molar-refractivity contribution in [3.05, 3.63) is 106 Å². The summed E-state index contributed by atoms with van der Waals surface area (Å²) >= 11 is 13.8. The van der Waals surface area contributed by atoms with E-state index in [4.69, 9.17) is 40.1 Å². The molecule has 3 saturated heterocycles. The molecule has 3 fully saturated rings. The Labute approximate surface area is 729 Å². The van der Waals surface area contributed by atoms with Gasteiger partial charge < -0.3 is 105 Å². The number of para-hydroxylation sites is 2. The van der Waals surface area contributed by atoms with Crippen LogP contribution in [-0.2, 0) is 91.2 Å². The van der Waals surface area contributed by atoms with Crippen LogP contribution in [0.1, 0.15) is 141 Å². The minimum Gasteiger partial charge on any atom is -0.370 e. The summed E-state index contributed by atoms with van der Waals surface area (Å²) in [4.78, 5) is 231. The molecule has 2 aromatic heterocycles. The van der Waals surface area contributed by atoms with Crippen LogP contribution in [0.25, 0.3) is 21.8 Å². The van der Waals surface area contributed by atoms with Crippen molar-refractivity contribution in [2.45, 2.75) is 216 Å². The zero-order valence-corrected chi connectivity index (χ0v) is 73.2. The van der Waals surface area contributed by atoms with E-state index in [1.165, 1.54) is 54.9 Å². The largest absolute Gasteiger partial charge is 0.370 e. The second-order valence-electron chi connectivity index (χ2n) is 31.8. The molecule has 123 heavy (non-hydrogen) atoms. The van der Waals surface area contributed by atoms with Crippen LogP contribution in [-0.4, -0.2) is 269 Å². The molecule has 3 aliphatic rings. The predicted molar refractivity (Wildman–Crippen MR) is 467 cm³/mol. The van der Waals surface area contributed by atoms with Crippen LogP contribution in [0.4, 0.5) is 0 Å². The van der Waals surface area contributed by atoms with Crippen molar-refractivity contribution in [3.8, 4) is 0 Å². The van der Waals surface area contributed by atoms with Gasteiger partial charge in [-0.25, -0.2) is 0 Å². The Balaban J connectivity index is 1.12. The molecule has 0 radical (unpaired) electrons. The van der Waals surface area contributed by atoms with E-state index >= 15 is 14.4 Å². The van der Waals surface area contributed by atoms with Gasteiger partial charge in [-0.3, -0.25) is 77.3 Å². The third-order valence-corrected chi connectivity index (χ3v) is 23.9. The number of guanidine groups is 1. The first-order chi connectivity index (χ1) is 58.7. The van der Waals surface area contributed by atoms with Gasteiger partial charge >= 0.3 is 0 Å². The lowest BCUT2D eigenvalue weighted by atomic mass is 10.00. The topological polar surface area (TPSA) is 521 Å². The zero-order valence-electron chi connectivity index (χ0n) is 70.9. The fraction of sp³-hybridized carbons (Fsp3) is 0.548. The Morgan fingerprint density at radius 3 is 1.76 bits per heavy atom. The smallest absolute Gasteiger partial charge is 0.245 e. The molecule has 3 aromatic carbocycles. The maximum Gasteiger partial charge on any atom is 0.245 e. The number of rotatable bonds is 19. The number of likely N-dealkylation sites (N-methyl/N-ethyl adjacent to an activating group) is 3. The normalized spacial score (nSPS) is 24.5. The molecule has 1 unspecified atom stereocenters. The number of nitrogens with zero attached hydrogens (tertiary/aromatic N) is 4. The van der Waals surface area contributed by atoms with Gasteiger partial charge in [0, 0.05) is 113 Å². The summed E-state index contributed by atoms with van der Waals surface area (Å²) < 4.78 is 0. The van der Waals surface area contributed by atoms with Gasteiger partial charge in [0.25, 0.3) is 0 Å². The number of hydrogen-bond donors (Lipinski definition) is 17. The summed E-state index contributed by atoms with van der Waals surface area (Å²) in [5.74, 6) is -12.1. The maximum absolute atomic E-state index is 15.5. The van der Waals surface area contributed by atoms with Crippen LogP contribution >= 0.6 is 35.0 Å². The fourth-order valence-corrected chi connectivity index (χ4v) is 16.2. The summed E-state index contributed by atoms with van der Waals surface area (Å²) in [6.45, 7) is 7.70. The average molecular weight is 1770 g/mol. The lowest BCUT2D eigenvalue weighted by molar-refractivity contribution is -0.149. The fourth-order valence-electron chi connectivity index (χ4n) is 15.2. The molecule has 36 nitrogen and oxygen atoms in total. The van der Waals surface area contributed by atoms with Gasteiger partial charge in [-0.05, 0) is 112 Å². The van der Waals surface area contributed by atoms with Crippen molar-refractivity contribution in [2.24, 2.45) is 17.4 Å². The van der Waals surface area contributed by atoms with Crippen LogP contribution in [0.3, 0.4) is 0 Å². The molecule has 5 heterocycles. The monoisotopic (exact) mass is 1760 g/mol. The lowest BCUT2D eigenvalue weighted by Gasteiger charge is -2.36. The second-order valence-corrected chi connectivity index (χ2v) is 33.7. The number of benzene rings is 3. The first kappa shape index (κ1) is 97.4. The summed E-state index contributed by atoms with van der Waals surface area (Å²) in [5.41, 5.74) is 14.9. The standard InChI is InChI=1S/C84H119Cl2N21O15S/c1-9-11-26-66-78(117)99-58(24-18-32-92-84(88)89)73(112)91-33-35-123-46-71(110)97-63(38-49-29-30-54(85)55(86)37-49)80(119)104(6)48(5)72(111)100-61-41-69(108)90-31-17-25-59(98-76(61)115)75(114)103-65(42-87)77(116)102-62(36-47(3)4)82(121)107-34-19-28-67(107)79(118)101-60(39-50-43-93-56-22-15-13-20-52(50)56)74(113)95-45-70(109)96-64(40-51-44-94-57-23-16-14-21-53(51)57)81(120)106(8)68(27-12-10-2)83(122)105(66)7/h13-16,20-23,29-30,37,43-44,47-48,58-68,93-94H,9-12,17-19,24-28,31-36,38-42,45-46,87H2,1-8H3,(H,90,108)(H,91,112)(H,95,113)(H,96,109)(H,97,110)(H,98,115)(H,99,117)(H,100,111)(H,101,118)(H,102,116)(H,103,114)(H4,88,89,92)/t48-,58-,59?,60-,61-,62-,63-,64-,65-,66-,67-,68-/m0/s1. The number of unbranched alkanes of at least 4 members (excludes halogenated alkanes) is 2. The van der Waals surface area contributed by atoms with E-state index in [2.05, 4.69) is 73.8 Å². The molecule has 39 heteroatoms. The highest BCUT2D eigenvalue weighted by Gasteiger charge is 2.43. The summed E-state index contributed by atoms with van der Waals surface area (Å²) in [5, 5.41) is 42.2. The van der Waals surface area contributed by atoms with Crippen molar-refractivity contribution < 1.29 is 71.9 Å². The second kappa shape index (κ2) is 47.6. The minimum absolute atomic E-state index is 0.0180. The third kappa shape index (κ3) is 28.0. The molecule has 0 aliphatic carbocycles. The van der Waals surface area contributed by atoms with Gasteiger partial charge in [0.2, 0.25) is 88.6 Å². The number of nitrogens with two attached hydrogens (primary N) is 2. The first-order valence-corrected chi connectivity index (χ1v) is 43.9. The predicted octanol–water partition coefficient (Wildman–Crippen LogP) is 1.28. The van der Waals surface area contributed by atoms with E-state index < -0.39 is 181 Å². The quantitative estimate of drug-likeness (QED) is 0.0314. The molecule has 19 N–H and O–H groups in total. The van der Waals surface area contributed by atoms with E-state index in [0.29, 0.717) is 48.8 Å². The van der Waals surface area contributed by atoms with E-state index in [1.54, 1.807) is 24.5 Å². The number of carbonyl (C=O) groups excluding carboxylic acids is 15. The molecule has 5 aromatic rings. The number of amides is 15. The molecular formula is C84H119Cl2N21O15S. The Kier molecular flexibility index (Phi) is 37.7. The molecule has 15 amide bonds. The summed E-state index contributed by atoms with van der Waals surface area (Å²) in [6, 6.07) is 2.92. The van der Waals surface area contributed by atoms with E-state index in [1.807, 2.05) is 70.2 Å². The Bertz CT molecular complexity index is 4600. The number of aromatic nitrogens is 2. The Hall–Kier alpha value is -11.1. The van der Waals surface area contributed by atoms with Gasteiger partial charge in [0.15, 0.2) is 5.96 Å². The van der Waals surface area contributed by atoms with Crippen molar-refractivity contribution in [3.63, 3.8) is 0 Å². The highest BCUT2D eigenvalue weighted by molar-refractivity contribution is 7.99. The lowest BCUT2D eigenvalue weighted by Crippen LogP contribution is -2.62. The van der Waals surface area contributed by atoms with Gasteiger partial charge in [0.05, 0.1) is 28.8 Å². The molecule has 2 bridgehead atoms. The molecule has 12 atom stereocenters. The Morgan fingerprint density at radius 2 is 1.11 bits per heavy atom. The van der Waals surface area contributed by atoms with Gasteiger partial charge in [-0.2, -0.15) is 11.8 Å². The van der Waals surface area contributed by atoms with Crippen LogP contribution < -0.4 is 75.3 Å². The SMILES string of the molecule is CCCC[C@H]1C(=O)N(C)[C@@H](CCCC)C(=O)N[C@@H](CCCNC(=N)N)C(=O)NCCSCC(=O)N[C@@H](Cc2ccc(Cl)c(Cl)c2)C(=O)N(C)[C@@H](C)C(=O)N[C@H]2CC(=O)NCCCC(NC2=O)C(=O)N[C@@H](CN)C(=O)N[C@@H](CC(C)C)C(=O)N2CCC[C@H]2C(=O)N[C@@H](Cc2c[nH]c3ccccc23)C(=O)NCC(=O)N[C@@H](Cc2c[nH]c3ccccc23)C(=O)N1C. The van der Waals surface area contributed by atoms with Crippen molar-refractivity contribution in [2.75, 3.05) is 71.9 Å². The number of thioether (sulfide) groups is 1. The Morgan fingerprint density at radius 1 is 0.537 bits per heavy atom. The summed E-state index contributed by atoms with van der Waals surface area (Å²) in [6.07, 6.45) is 5.45. The van der Waals surface area contributed by atoms with E-state index in [9.17, 15) is 57.5 Å². The van der Waals surface area contributed by atoms with Crippen LogP contribution in [0, 0.1) is 11.3 Å². The number of fused-ring (bicyclic) bond motifs is 6. The van der Waals surface area contributed by atoms with Gasteiger partial charge in [0.1, 0.15) is 72.5 Å². The first-order valence-electron chi connectivity index (χ1n) is 42.0. The zero-order chi connectivity index (χ0) is 89.7. The number of hydrogen-bond acceptors (Lipinski definition) is 18. The minimum atomic E-state index is -1.65. The number of nitrogens with one attached hydrogen (secondary N) is 15. The van der Waals surface area contributed by atoms with Crippen LogP contribution in [0.5, 0.6) is 0 Å². The molecular weight excluding hydrogens is 1650 g/mol. The van der Waals surface area contributed by atoms with Crippen molar-refractivity contribution >= 4 is 151 Å². The van der Waals surface area contributed by atoms with Crippen LogP contribution in [0.15, 0.2) is 79.1 Å². The molecule has 3 aliphatic heterocycles. The number of H-pyrrole nitrogens is 2. The molecule has 8 rings (SSSR count). The average Bonchev–Trinajstić information content (AvgIpc) is 1.69. The van der Waals surface area contributed by atoms with Gasteiger partial charge in [-0.1, -0.05) is 119 Å². The number of carbonyl (C=O) groups is 15. The van der Waals surface area contributed by atoms with Crippen molar-refractivity contribution in [1.29, 1.82) is 5.41 Å². The highest BCUT2D eigenvalue weighted by atomic mass is 35.5.